The minimum atomic E-state index is -5.14. The number of rotatable bonds is 7. The number of halogens is 3. The van der Waals surface area contributed by atoms with E-state index < -0.39 is 23.7 Å². The predicted octanol–water partition coefficient (Wildman–Crippen LogP) is 2.54. The van der Waals surface area contributed by atoms with E-state index >= 15 is 0 Å². The predicted molar refractivity (Wildman–Crippen MR) is 81.1 cm³/mol. The van der Waals surface area contributed by atoms with E-state index in [-0.39, 0.29) is 18.8 Å². The van der Waals surface area contributed by atoms with Crippen LogP contribution in [0.2, 0.25) is 0 Å². The van der Waals surface area contributed by atoms with Crippen LogP contribution in [0.3, 0.4) is 0 Å². The molecular formula is C15H20F3N3O3. The lowest BCUT2D eigenvalue weighted by molar-refractivity contribution is -0.208. The first-order valence-electron chi connectivity index (χ1n) is 7.43. The van der Waals surface area contributed by atoms with Gasteiger partial charge in [0.2, 0.25) is 5.91 Å². The van der Waals surface area contributed by atoms with Gasteiger partial charge in [0.1, 0.15) is 5.82 Å². The summed E-state index contributed by atoms with van der Waals surface area (Å²) >= 11 is 0. The summed E-state index contributed by atoms with van der Waals surface area (Å²) in [6.45, 7) is 4.32. The highest BCUT2D eigenvalue weighted by Crippen LogP contribution is 2.33. The fourth-order valence-electron chi connectivity index (χ4n) is 1.93. The van der Waals surface area contributed by atoms with E-state index in [9.17, 15) is 22.8 Å². The third-order valence-electron chi connectivity index (χ3n) is 3.01. The number of carbonyl (C=O) groups excluding carboxylic acids is 2. The molecule has 1 atom stereocenters. The lowest BCUT2D eigenvalue weighted by Crippen LogP contribution is -2.69. The lowest BCUT2D eigenvalue weighted by Gasteiger charge is -2.35. The number of amides is 1. The molecule has 9 heteroatoms. The molecule has 0 aliphatic rings. The number of aromatic nitrogens is 1. The minimum absolute atomic E-state index is 0.167. The summed E-state index contributed by atoms with van der Waals surface area (Å²) in [4.78, 5) is 27.8. The Hall–Kier alpha value is -2.32. The van der Waals surface area contributed by atoms with Crippen LogP contribution in [0.1, 0.15) is 32.4 Å². The van der Waals surface area contributed by atoms with Gasteiger partial charge in [-0.1, -0.05) is 13.0 Å². The smallest absolute Gasteiger partial charge is 0.441 e. The zero-order valence-corrected chi connectivity index (χ0v) is 13.7. The van der Waals surface area contributed by atoms with Gasteiger partial charge in [-0.05, 0) is 32.4 Å². The molecule has 0 aliphatic carbocycles. The van der Waals surface area contributed by atoms with E-state index in [0.717, 1.165) is 0 Å². The van der Waals surface area contributed by atoms with E-state index in [2.05, 4.69) is 9.72 Å². The molecule has 0 saturated carbocycles. The van der Waals surface area contributed by atoms with Crippen LogP contribution >= 0.6 is 0 Å². The summed E-state index contributed by atoms with van der Waals surface area (Å²) in [5.41, 5.74) is -2.96. The number of carbonyl (C=O) groups is 2. The van der Waals surface area contributed by atoms with Crippen LogP contribution in [0.25, 0.3) is 0 Å². The molecule has 1 aromatic heterocycles. The zero-order chi connectivity index (χ0) is 18.4. The Labute approximate surface area is 137 Å². The second-order valence-corrected chi connectivity index (χ2v) is 5.06. The van der Waals surface area contributed by atoms with Crippen molar-refractivity contribution in [1.82, 2.24) is 10.3 Å². The second-order valence-electron chi connectivity index (χ2n) is 5.06. The SMILES string of the molecule is CCCC(=O)N[C@](Nc1cccc(C)n1)(C(=O)OCC)C(F)(F)F. The van der Waals surface area contributed by atoms with Crippen molar-refractivity contribution in [3.05, 3.63) is 23.9 Å². The Morgan fingerprint density at radius 1 is 1.25 bits per heavy atom. The first-order valence-corrected chi connectivity index (χ1v) is 7.43. The number of nitrogens with one attached hydrogen (secondary N) is 2. The Balaban J connectivity index is 3.33. The molecule has 1 heterocycles. The largest absolute Gasteiger partial charge is 0.463 e. The van der Waals surface area contributed by atoms with Gasteiger partial charge in [0.25, 0.3) is 0 Å². The number of nitrogens with zero attached hydrogens (tertiary/aromatic N) is 1. The molecule has 1 rings (SSSR count). The summed E-state index contributed by atoms with van der Waals surface area (Å²) in [6, 6.07) is 4.32. The van der Waals surface area contributed by atoms with Gasteiger partial charge >= 0.3 is 17.8 Å². The highest BCUT2D eigenvalue weighted by molar-refractivity contribution is 5.91. The fraction of sp³-hybridized carbons (Fsp3) is 0.533. The molecule has 0 saturated heterocycles. The van der Waals surface area contributed by atoms with Gasteiger partial charge < -0.3 is 15.4 Å². The van der Waals surface area contributed by atoms with E-state index in [1.807, 2.05) is 5.32 Å². The van der Waals surface area contributed by atoms with Gasteiger partial charge in [-0.2, -0.15) is 13.2 Å². The number of hydrogen-bond donors (Lipinski definition) is 2. The summed E-state index contributed by atoms with van der Waals surface area (Å²) in [7, 11) is 0. The zero-order valence-electron chi connectivity index (χ0n) is 13.7. The number of anilines is 1. The maximum absolute atomic E-state index is 13.7. The number of esters is 1. The van der Waals surface area contributed by atoms with Crippen molar-refractivity contribution >= 4 is 17.7 Å². The monoisotopic (exact) mass is 347 g/mol. The third kappa shape index (κ3) is 4.59. The summed E-state index contributed by atoms with van der Waals surface area (Å²) in [6.07, 6.45) is -4.99. The topological polar surface area (TPSA) is 80.3 Å². The summed E-state index contributed by atoms with van der Waals surface area (Å²) < 4.78 is 45.7. The van der Waals surface area contributed by atoms with Crippen LogP contribution < -0.4 is 10.6 Å². The molecule has 0 aliphatic heterocycles. The highest BCUT2D eigenvalue weighted by atomic mass is 19.4. The second kappa shape index (κ2) is 7.98. The molecule has 1 aromatic rings. The van der Waals surface area contributed by atoms with Gasteiger partial charge in [0, 0.05) is 12.1 Å². The Bertz CT molecular complexity index is 593. The van der Waals surface area contributed by atoms with Crippen LogP contribution in [0, 0.1) is 6.92 Å². The maximum Gasteiger partial charge on any atom is 0.441 e. The van der Waals surface area contributed by atoms with Crippen molar-refractivity contribution in [2.75, 3.05) is 11.9 Å². The molecule has 134 valence electrons. The van der Waals surface area contributed by atoms with Gasteiger partial charge in [-0.15, -0.1) is 0 Å². The van der Waals surface area contributed by atoms with Gasteiger partial charge in [0.15, 0.2) is 0 Å². The Morgan fingerprint density at radius 2 is 1.92 bits per heavy atom. The Morgan fingerprint density at radius 3 is 2.42 bits per heavy atom. The molecule has 0 bridgehead atoms. The third-order valence-corrected chi connectivity index (χ3v) is 3.01. The average molecular weight is 347 g/mol. The van der Waals surface area contributed by atoms with Gasteiger partial charge in [0.05, 0.1) is 6.61 Å². The average Bonchev–Trinajstić information content (AvgIpc) is 2.45. The maximum atomic E-state index is 13.7. The number of hydrogen-bond acceptors (Lipinski definition) is 5. The molecular weight excluding hydrogens is 327 g/mol. The van der Waals surface area contributed by atoms with Crippen molar-refractivity contribution < 1.29 is 27.5 Å². The van der Waals surface area contributed by atoms with Crippen molar-refractivity contribution in [3.63, 3.8) is 0 Å². The molecule has 0 spiro atoms. The van der Waals surface area contributed by atoms with Crippen LogP contribution in [0.5, 0.6) is 0 Å². The van der Waals surface area contributed by atoms with Crippen molar-refractivity contribution in [3.8, 4) is 0 Å². The molecule has 6 nitrogen and oxygen atoms in total. The minimum Gasteiger partial charge on any atom is -0.463 e. The fourth-order valence-corrected chi connectivity index (χ4v) is 1.93. The van der Waals surface area contributed by atoms with Crippen LogP contribution in [0.15, 0.2) is 18.2 Å². The van der Waals surface area contributed by atoms with Crippen LogP contribution in [-0.4, -0.2) is 35.3 Å². The molecule has 0 fully saturated rings. The number of alkyl halides is 3. The van der Waals surface area contributed by atoms with Crippen LogP contribution in [-0.2, 0) is 14.3 Å². The van der Waals surface area contributed by atoms with Crippen molar-refractivity contribution in [2.24, 2.45) is 0 Å². The first-order chi connectivity index (χ1) is 11.2. The summed E-state index contributed by atoms with van der Waals surface area (Å²) in [5.74, 6) is -2.79. The molecule has 0 aromatic carbocycles. The molecule has 0 unspecified atom stereocenters. The van der Waals surface area contributed by atoms with Crippen molar-refractivity contribution in [1.29, 1.82) is 0 Å². The normalized spacial score (nSPS) is 13.8. The van der Waals surface area contributed by atoms with Gasteiger partial charge in [-0.3, -0.25) is 4.79 Å². The van der Waals surface area contributed by atoms with E-state index in [0.29, 0.717) is 12.1 Å². The number of ether oxygens (including phenoxy) is 1. The summed E-state index contributed by atoms with van der Waals surface area (Å²) in [5, 5.41) is 3.74. The number of aryl methyl sites for hydroxylation is 1. The molecule has 1 amide bonds. The number of pyridine rings is 1. The van der Waals surface area contributed by atoms with E-state index in [4.69, 9.17) is 0 Å². The quantitative estimate of drug-likeness (QED) is 0.585. The molecule has 0 radical (unpaired) electrons. The standard InChI is InChI=1S/C15H20F3N3O3/c1-4-7-12(22)21-14(15(16,17)18,13(23)24-5-2)20-11-9-6-8-10(3)19-11/h6,8-9H,4-5,7H2,1-3H3,(H,19,20)(H,21,22)/t14-/m1/s1. The highest BCUT2D eigenvalue weighted by Gasteiger charge is 2.63. The van der Waals surface area contributed by atoms with Crippen molar-refractivity contribution in [2.45, 2.75) is 45.5 Å². The lowest BCUT2D eigenvalue weighted by atomic mass is 10.1. The molecule has 2 N–H and O–H groups in total. The Kier molecular flexibility index (Phi) is 6.56. The van der Waals surface area contributed by atoms with E-state index in [1.54, 1.807) is 25.2 Å². The molecule has 24 heavy (non-hydrogen) atoms. The first kappa shape index (κ1) is 19.7. The van der Waals surface area contributed by atoms with E-state index in [1.165, 1.54) is 19.1 Å². The van der Waals surface area contributed by atoms with Gasteiger partial charge in [-0.25, -0.2) is 9.78 Å². The van der Waals surface area contributed by atoms with Crippen LogP contribution in [0.4, 0.5) is 19.0 Å².